The first-order chi connectivity index (χ1) is 13.3. The third kappa shape index (κ3) is 4.03. The molecule has 148 valence electrons. The number of benzene rings is 2. The first-order valence-corrected chi connectivity index (χ1v) is 10.7. The summed E-state index contributed by atoms with van der Waals surface area (Å²) < 4.78 is 33.0. The molecule has 2 aromatic rings. The van der Waals surface area contributed by atoms with Crippen LogP contribution < -0.4 is 4.74 Å². The van der Waals surface area contributed by atoms with Gasteiger partial charge in [0.15, 0.2) is 5.78 Å². The molecule has 0 amide bonds. The van der Waals surface area contributed by atoms with Gasteiger partial charge in [0.2, 0.25) is 10.0 Å². The Hall–Kier alpha value is -2.44. The van der Waals surface area contributed by atoms with E-state index in [1.54, 1.807) is 55.6 Å². The molecule has 0 bridgehead atoms. The molecule has 2 aromatic carbocycles. The number of hydrogen-bond donors (Lipinski definition) is 0. The van der Waals surface area contributed by atoms with Crippen LogP contribution >= 0.6 is 0 Å². The van der Waals surface area contributed by atoms with E-state index in [1.807, 2.05) is 6.92 Å². The van der Waals surface area contributed by atoms with E-state index in [0.29, 0.717) is 29.9 Å². The van der Waals surface area contributed by atoms with Crippen LogP contribution in [0.15, 0.2) is 65.6 Å². The molecule has 6 heteroatoms. The minimum atomic E-state index is -3.70. The predicted octanol–water partition coefficient (Wildman–Crippen LogP) is 3.99. The van der Waals surface area contributed by atoms with Gasteiger partial charge in [-0.1, -0.05) is 30.7 Å². The van der Waals surface area contributed by atoms with Crippen molar-refractivity contribution < 1.29 is 17.9 Å². The van der Waals surface area contributed by atoms with E-state index in [1.165, 1.54) is 4.31 Å². The Labute approximate surface area is 166 Å². The summed E-state index contributed by atoms with van der Waals surface area (Å²) in [7, 11) is -2.14. The van der Waals surface area contributed by atoms with Crippen molar-refractivity contribution in [3.8, 4) is 5.75 Å². The van der Waals surface area contributed by atoms with Gasteiger partial charge in [-0.05, 0) is 56.2 Å². The molecule has 3 rings (SSSR count). The molecule has 1 fully saturated rings. The highest BCUT2D eigenvalue weighted by Gasteiger charge is 2.36. The zero-order valence-corrected chi connectivity index (χ0v) is 17.0. The number of rotatable bonds is 6. The highest BCUT2D eigenvalue weighted by Crippen LogP contribution is 2.30. The molecule has 1 aliphatic heterocycles. The fourth-order valence-electron chi connectivity index (χ4n) is 3.47. The topological polar surface area (TPSA) is 63.7 Å². The summed E-state index contributed by atoms with van der Waals surface area (Å²) in [6, 6.07) is 13.0. The van der Waals surface area contributed by atoms with Gasteiger partial charge in [-0.3, -0.25) is 4.79 Å². The maximum Gasteiger partial charge on any atom is 0.243 e. The van der Waals surface area contributed by atoms with Gasteiger partial charge in [-0.2, -0.15) is 4.31 Å². The molecule has 0 radical (unpaired) electrons. The fourth-order valence-corrected chi connectivity index (χ4v) is 5.15. The number of ketones is 1. The second-order valence-corrected chi connectivity index (χ2v) is 8.91. The number of aryl methyl sites for hydroxylation is 1. The van der Waals surface area contributed by atoms with Crippen molar-refractivity contribution in [1.82, 2.24) is 4.31 Å². The maximum atomic E-state index is 13.2. The zero-order chi connectivity index (χ0) is 20.3. The first-order valence-electron chi connectivity index (χ1n) is 9.30. The number of piperidine rings is 1. The number of methoxy groups -OCH3 is 1. The Bertz CT molecular complexity index is 963. The second kappa shape index (κ2) is 8.29. The summed E-state index contributed by atoms with van der Waals surface area (Å²) in [4.78, 5) is 13.2. The van der Waals surface area contributed by atoms with E-state index >= 15 is 0 Å². The first kappa shape index (κ1) is 20.3. The van der Waals surface area contributed by atoms with Crippen molar-refractivity contribution in [2.45, 2.75) is 37.1 Å². The van der Waals surface area contributed by atoms with Crippen LogP contribution in [0, 0.1) is 6.92 Å². The van der Waals surface area contributed by atoms with Gasteiger partial charge in [0.1, 0.15) is 5.75 Å². The van der Waals surface area contributed by atoms with Crippen LogP contribution in [0.2, 0.25) is 0 Å². The van der Waals surface area contributed by atoms with Gasteiger partial charge in [-0.25, -0.2) is 8.42 Å². The smallest absolute Gasteiger partial charge is 0.243 e. The van der Waals surface area contributed by atoms with E-state index < -0.39 is 16.1 Å². The van der Waals surface area contributed by atoms with E-state index in [0.717, 1.165) is 18.4 Å². The summed E-state index contributed by atoms with van der Waals surface area (Å²) in [6.07, 6.45) is 2.22. The van der Waals surface area contributed by atoms with Crippen LogP contribution in [0.3, 0.4) is 0 Å². The highest BCUT2D eigenvalue weighted by molar-refractivity contribution is 7.89. The average Bonchev–Trinajstić information content (AvgIpc) is 2.73. The number of carbonyl (C=O) groups is 1. The van der Waals surface area contributed by atoms with Gasteiger partial charge >= 0.3 is 0 Å². The van der Waals surface area contributed by atoms with Crippen molar-refractivity contribution >= 4 is 15.8 Å². The number of sulfonamides is 1. The SMILES string of the molecule is C=C(C(=O)c1ccc(OC)cc1)C1CCCCN1S(=O)(=O)c1ccc(C)cc1. The monoisotopic (exact) mass is 399 g/mol. The molecule has 1 heterocycles. The summed E-state index contributed by atoms with van der Waals surface area (Å²) in [5.74, 6) is 0.419. The van der Waals surface area contributed by atoms with E-state index in [2.05, 4.69) is 6.58 Å². The average molecular weight is 400 g/mol. The van der Waals surface area contributed by atoms with Crippen LogP contribution in [0.25, 0.3) is 0 Å². The number of carbonyl (C=O) groups excluding carboxylic acids is 1. The van der Waals surface area contributed by atoms with Crippen molar-refractivity contribution in [3.05, 3.63) is 71.8 Å². The minimum absolute atomic E-state index is 0.237. The number of Topliss-reactive ketones (excluding diaryl/α,β-unsaturated/α-hetero) is 1. The summed E-state index contributed by atoms with van der Waals surface area (Å²) in [6.45, 7) is 6.28. The van der Waals surface area contributed by atoms with Gasteiger partial charge in [0.25, 0.3) is 0 Å². The third-order valence-corrected chi connectivity index (χ3v) is 7.05. The Kier molecular flexibility index (Phi) is 6.01. The van der Waals surface area contributed by atoms with Crippen molar-refractivity contribution in [3.63, 3.8) is 0 Å². The molecule has 28 heavy (non-hydrogen) atoms. The Balaban J connectivity index is 1.88. The minimum Gasteiger partial charge on any atom is -0.497 e. The maximum absolute atomic E-state index is 13.2. The van der Waals surface area contributed by atoms with Crippen molar-refractivity contribution in [2.24, 2.45) is 0 Å². The number of ether oxygens (including phenoxy) is 1. The summed E-state index contributed by atoms with van der Waals surface area (Å²) in [5.41, 5.74) is 1.78. The molecule has 1 unspecified atom stereocenters. The van der Waals surface area contributed by atoms with Gasteiger partial charge in [0, 0.05) is 17.7 Å². The predicted molar refractivity (Wildman–Crippen MR) is 109 cm³/mol. The molecule has 0 N–H and O–H groups in total. The lowest BCUT2D eigenvalue weighted by atomic mass is 9.93. The van der Waals surface area contributed by atoms with Crippen LogP contribution in [0.5, 0.6) is 5.75 Å². The Morgan fingerprint density at radius 3 is 2.32 bits per heavy atom. The lowest BCUT2D eigenvalue weighted by Crippen LogP contribution is -2.45. The summed E-state index contributed by atoms with van der Waals surface area (Å²) >= 11 is 0. The largest absolute Gasteiger partial charge is 0.497 e. The molecular formula is C22H25NO4S. The number of hydrogen-bond acceptors (Lipinski definition) is 4. The van der Waals surface area contributed by atoms with E-state index in [9.17, 15) is 13.2 Å². The Morgan fingerprint density at radius 2 is 1.71 bits per heavy atom. The molecule has 1 aliphatic rings. The van der Waals surface area contributed by atoms with Crippen LogP contribution in [-0.4, -0.2) is 38.2 Å². The van der Waals surface area contributed by atoms with Crippen LogP contribution in [0.4, 0.5) is 0 Å². The quantitative estimate of drug-likeness (QED) is 0.544. The molecule has 5 nitrogen and oxygen atoms in total. The molecule has 1 atom stereocenters. The van der Waals surface area contributed by atoms with Gasteiger partial charge < -0.3 is 4.74 Å². The summed E-state index contributed by atoms with van der Waals surface area (Å²) in [5, 5.41) is 0. The highest BCUT2D eigenvalue weighted by atomic mass is 32.2. The zero-order valence-electron chi connectivity index (χ0n) is 16.2. The molecule has 0 saturated carbocycles. The molecule has 0 aromatic heterocycles. The molecule has 0 spiro atoms. The third-order valence-electron chi connectivity index (χ3n) is 5.13. The standard InChI is InChI=1S/C22H25NO4S/c1-16-7-13-20(14-8-16)28(25,26)23-15-5-4-6-21(23)17(2)22(24)18-9-11-19(27-3)12-10-18/h7-14,21H,2,4-6,15H2,1,3H3. The lowest BCUT2D eigenvalue weighted by Gasteiger charge is -2.35. The van der Waals surface area contributed by atoms with Crippen molar-refractivity contribution in [2.75, 3.05) is 13.7 Å². The molecular weight excluding hydrogens is 374 g/mol. The Morgan fingerprint density at radius 1 is 1.07 bits per heavy atom. The second-order valence-electron chi connectivity index (χ2n) is 7.02. The van der Waals surface area contributed by atoms with E-state index in [-0.39, 0.29) is 10.7 Å². The normalized spacial score (nSPS) is 17.9. The van der Waals surface area contributed by atoms with Crippen molar-refractivity contribution in [1.29, 1.82) is 0 Å². The molecule has 1 saturated heterocycles. The van der Waals surface area contributed by atoms with Gasteiger partial charge in [-0.15, -0.1) is 0 Å². The van der Waals surface area contributed by atoms with Gasteiger partial charge in [0.05, 0.1) is 18.0 Å². The number of nitrogens with zero attached hydrogens (tertiary/aromatic N) is 1. The van der Waals surface area contributed by atoms with E-state index in [4.69, 9.17) is 4.74 Å². The van der Waals surface area contributed by atoms with Crippen LogP contribution in [-0.2, 0) is 10.0 Å². The van der Waals surface area contributed by atoms with Crippen LogP contribution in [0.1, 0.15) is 35.2 Å². The fraction of sp³-hybridized carbons (Fsp3) is 0.318. The lowest BCUT2D eigenvalue weighted by molar-refractivity contribution is 0.101. The molecule has 0 aliphatic carbocycles.